The van der Waals surface area contributed by atoms with Crippen molar-refractivity contribution in [3.8, 4) is 16.9 Å². The zero-order valence-electron chi connectivity index (χ0n) is 10.2. The summed E-state index contributed by atoms with van der Waals surface area (Å²) < 4.78 is 5.18. The maximum atomic E-state index is 11.1. The van der Waals surface area contributed by atoms with Crippen LogP contribution in [0, 0.1) is 0 Å². The number of amides is 1. The molecule has 2 rings (SSSR count). The molecule has 3 heteroatoms. The van der Waals surface area contributed by atoms with Crippen LogP contribution in [0.4, 0.5) is 0 Å². The van der Waals surface area contributed by atoms with E-state index in [1.807, 2.05) is 48.5 Å². The average molecular weight is 241 g/mol. The molecule has 0 saturated carbocycles. The Morgan fingerprint density at radius 3 is 2.50 bits per heavy atom. The van der Waals surface area contributed by atoms with Gasteiger partial charge in [0, 0.05) is 0 Å². The summed E-state index contributed by atoms with van der Waals surface area (Å²) >= 11 is 0. The van der Waals surface area contributed by atoms with Gasteiger partial charge in [0.25, 0.3) is 0 Å². The maximum absolute atomic E-state index is 11.1. The van der Waals surface area contributed by atoms with Gasteiger partial charge in [0.2, 0.25) is 5.91 Å². The van der Waals surface area contributed by atoms with Gasteiger partial charge in [-0.15, -0.1) is 0 Å². The van der Waals surface area contributed by atoms with E-state index >= 15 is 0 Å². The Hall–Kier alpha value is -2.29. The van der Waals surface area contributed by atoms with Crippen molar-refractivity contribution < 1.29 is 9.53 Å². The average Bonchev–Trinajstić information content (AvgIpc) is 2.39. The molecule has 0 aliphatic heterocycles. The summed E-state index contributed by atoms with van der Waals surface area (Å²) in [5.41, 5.74) is 8.24. The van der Waals surface area contributed by atoms with Crippen LogP contribution in [-0.2, 0) is 11.2 Å². The van der Waals surface area contributed by atoms with Crippen molar-refractivity contribution in [3.63, 3.8) is 0 Å². The fraction of sp³-hybridized carbons (Fsp3) is 0.133. The lowest BCUT2D eigenvalue weighted by atomic mass is 9.97. The lowest BCUT2D eigenvalue weighted by Crippen LogP contribution is -2.14. The van der Waals surface area contributed by atoms with Crippen molar-refractivity contribution in [1.82, 2.24) is 0 Å². The van der Waals surface area contributed by atoms with Gasteiger partial charge in [-0.05, 0) is 28.8 Å². The Morgan fingerprint density at radius 1 is 1.17 bits per heavy atom. The highest BCUT2D eigenvalue weighted by Gasteiger charge is 2.09. The first-order valence-corrected chi connectivity index (χ1v) is 5.71. The van der Waals surface area contributed by atoms with Crippen LogP contribution in [0.3, 0.4) is 0 Å². The Bertz CT molecular complexity index is 550. The van der Waals surface area contributed by atoms with E-state index in [0.29, 0.717) is 0 Å². The minimum atomic E-state index is -0.347. The van der Waals surface area contributed by atoms with Gasteiger partial charge >= 0.3 is 0 Å². The predicted molar refractivity (Wildman–Crippen MR) is 71.3 cm³/mol. The van der Waals surface area contributed by atoms with E-state index in [-0.39, 0.29) is 12.3 Å². The third-order valence-corrected chi connectivity index (χ3v) is 2.76. The minimum absolute atomic E-state index is 0.210. The van der Waals surface area contributed by atoms with Crippen LogP contribution in [0.25, 0.3) is 11.1 Å². The van der Waals surface area contributed by atoms with E-state index in [9.17, 15) is 4.79 Å². The van der Waals surface area contributed by atoms with Crippen LogP contribution in [0.1, 0.15) is 5.56 Å². The molecule has 0 unspecified atom stereocenters. The van der Waals surface area contributed by atoms with Crippen molar-refractivity contribution in [2.75, 3.05) is 7.11 Å². The molecule has 0 heterocycles. The fourth-order valence-corrected chi connectivity index (χ4v) is 1.93. The van der Waals surface area contributed by atoms with E-state index in [0.717, 1.165) is 22.4 Å². The number of nitrogens with two attached hydrogens (primary N) is 1. The molecule has 0 fully saturated rings. The summed E-state index contributed by atoms with van der Waals surface area (Å²) in [7, 11) is 1.60. The molecule has 0 aromatic heterocycles. The summed E-state index contributed by atoms with van der Waals surface area (Å²) in [6, 6.07) is 15.6. The van der Waals surface area contributed by atoms with Crippen LogP contribution in [0.2, 0.25) is 0 Å². The molecule has 2 N–H and O–H groups in total. The summed E-state index contributed by atoms with van der Waals surface area (Å²) in [5.74, 6) is 0.381. The van der Waals surface area contributed by atoms with Gasteiger partial charge < -0.3 is 10.5 Å². The molecule has 2 aromatic rings. The molecule has 92 valence electrons. The largest absolute Gasteiger partial charge is 0.497 e. The number of methoxy groups -OCH3 is 1. The third kappa shape index (κ3) is 2.69. The van der Waals surface area contributed by atoms with E-state index in [2.05, 4.69) is 0 Å². The number of ether oxygens (including phenoxy) is 1. The standard InChI is InChI=1S/C15H15NO2/c1-18-13-7-8-14(11-5-3-2-4-6-11)12(9-13)10-15(16)17/h2-9H,10H2,1H3,(H2,16,17). The molecular weight excluding hydrogens is 226 g/mol. The maximum Gasteiger partial charge on any atom is 0.221 e. The molecule has 3 nitrogen and oxygen atoms in total. The molecule has 0 bridgehead atoms. The van der Waals surface area contributed by atoms with Crippen LogP contribution in [0.5, 0.6) is 5.75 Å². The fourth-order valence-electron chi connectivity index (χ4n) is 1.93. The molecule has 0 saturated heterocycles. The minimum Gasteiger partial charge on any atom is -0.497 e. The Labute approximate surface area is 106 Å². The van der Waals surface area contributed by atoms with Gasteiger partial charge in [-0.3, -0.25) is 4.79 Å². The first kappa shape index (κ1) is 12.2. The molecule has 2 aromatic carbocycles. The summed E-state index contributed by atoms with van der Waals surface area (Å²) in [6.07, 6.45) is 0.210. The highest BCUT2D eigenvalue weighted by Crippen LogP contribution is 2.27. The van der Waals surface area contributed by atoms with Crippen LogP contribution in [0.15, 0.2) is 48.5 Å². The highest BCUT2D eigenvalue weighted by molar-refractivity contribution is 5.81. The first-order valence-electron chi connectivity index (χ1n) is 5.71. The molecule has 0 aliphatic carbocycles. The summed E-state index contributed by atoms with van der Waals surface area (Å²) in [4.78, 5) is 11.1. The zero-order valence-corrected chi connectivity index (χ0v) is 10.2. The van der Waals surface area contributed by atoms with Gasteiger partial charge in [-0.2, -0.15) is 0 Å². The van der Waals surface area contributed by atoms with Gasteiger partial charge in [0.05, 0.1) is 13.5 Å². The van der Waals surface area contributed by atoms with Crippen molar-refractivity contribution in [2.24, 2.45) is 5.73 Å². The monoisotopic (exact) mass is 241 g/mol. The molecule has 0 radical (unpaired) electrons. The number of carbonyl (C=O) groups is 1. The molecule has 0 aliphatic rings. The predicted octanol–water partition coefficient (Wildman–Crippen LogP) is 2.39. The third-order valence-electron chi connectivity index (χ3n) is 2.76. The van der Waals surface area contributed by atoms with E-state index < -0.39 is 0 Å². The highest BCUT2D eigenvalue weighted by atomic mass is 16.5. The number of primary amides is 1. The van der Waals surface area contributed by atoms with Gasteiger partial charge in [0.15, 0.2) is 0 Å². The lowest BCUT2D eigenvalue weighted by Gasteiger charge is -2.10. The second-order valence-corrected chi connectivity index (χ2v) is 4.03. The first-order chi connectivity index (χ1) is 8.70. The Morgan fingerprint density at radius 2 is 1.89 bits per heavy atom. The Balaban J connectivity index is 2.49. The van der Waals surface area contributed by atoms with E-state index in [1.54, 1.807) is 7.11 Å². The molecule has 1 amide bonds. The van der Waals surface area contributed by atoms with Crippen LogP contribution < -0.4 is 10.5 Å². The van der Waals surface area contributed by atoms with Gasteiger partial charge in [0.1, 0.15) is 5.75 Å². The topological polar surface area (TPSA) is 52.3 Å². The number of hydrogen-bond acceptors (Lipinski definition) is 2. The quantitative estimate of drug-likeness (QED) is 0.893. The normalized spacial score (nSPS) is 10.1. The number of rotatable bonds is 4. The van der Waals surface area contributed by atoms with E-state index in [4.69, 9.17) is 10.5 Å². The van der Waals surface area contributed by atoms with Crippen LogP contribution in [-0.4, -0.2) is 13.0 Å². The smallest absolute Gasteiger partial charge is 0.221 e. The van der Waals surface area contributed by atoms with Crippen LogP contribution >= 0.6 is 0 Å². The van der Waals surface area contributed by atoms with Crippen molar-refractivity contribution in [1.29, 1.82) is 0 Å². The molecular formula is C15H15NO2. The van der Waals surface area contributed by atoms with E-state index in [1.165, 1.54) is 0 Å². The number of hydrogen-bond donors (Lipinski definition) is 1. The second-order valence-electron chi connectivity index (χ2n) is 4.03. The van der Waals surface area contributed by atoms with Crippen molar-refractivity contribution in [3.05, 3.63) is 54.1 Å². The number of benzene rings is 2. The van der Waals surface area contributed by atoms with Gasteiger partial charge in [-0.25, -0.2) is 0 Å². The molecule has 0 atom stereocenters. The molecule has 18 heavy (non-hydrogen) atoms. The summed E-state index contributed by atoms with van der Waals surface area (Å²) in [5, 5.41) is 0. The van der Waals surface area contributed by atoms with Gasteiger partial charge in [-0.1, -0.05) is 36.4 Å². The number of carbonyl (C=O) groups excluding carboxylic acids is 1. The lowest BCUT2D eigenvalue weighted by molar-refractivity contribution is -0.117. The van der Waals surface area contributed by atoms with Crippen molar-refractivity contribution in [2.45, 2.75) is 6.42 Å². The second kappa shape index (κ2) is 5.36. The zero-order chi connectivity index (χ0) is 13.0. The molecule has 0 spiro atoms. The van der Waals surface area contributed by atoms with Crippen molar-refractivity contribution >= 4 is 5.91 Å². The SMILES string of the molecule is COc1ccc(-c2ccccc2)c(CC(N)=O)c1. The summed E-state index contributed by atoms with van der Waals surface area (Å²) in [6.45, 7) is 0. The Kier molecular flexibility index (Phi) is 3.63.